The highest BCUT2D eigenvalue weighted by atomic mass is 32.2. The van der Waals surface area contributed by atoms with Gasteiger partial charge in [0.05, 0.1) is 34.3 Å². The zero-order chi connectivity index (χ0) is 21.6. The van der Waals surface area contributed by atoms with Gasteiger partial charge in [-0.3, -0.25) is 4.98 Å². The number of alkyl halides is 3. The smallest absolute Gasteiger partial charge is 0.388 e. The molecule has 2 aromatic heterocycles. The standard InChI is InChI=1S/C20H20F3N3O3S/c21-20(22,23)16-1-3-17(4-2-16)30(28,29)26-11-7-19(27,8-12-26)14-25-10-6-15-5-9-24-13-18(15)25/h1-6,9-10,13,27H,7-8,11-12,14H2. The summed E-state index contributed by atoms with van der Waals surface area (Å²) in [6.07, 6.45) is 1.16. The maximum absolute atomic E-state index is 12.8. The van der Waals surface area contributed by atoms with Gasteiger partial charge in [0.2, 0.25) is 10.0 Å². The van der Waals surface area contributed by atoms with Crippen LogP contribution < -0.4 is 0 Å². The molecule has 0 atom stereocenters. The summed E-state index contributed by atoms with van der Waals surface area (Å²) in [5, 5.41) is 12.0. The van der Waals surface area contributed by atoms with Crippen molar-refractivity contribution < 1.29 is 26.7 Å². The maximum atomic E-state index is 12.8. The van der Waals surface area contributed by atoms with Crippen molar-refractivity contribution in [2.45, 2.75) is 36.1 Å². The molecule has 3 aromatic rings. The predicted molar refractivity (Wildman–Crippen MR) is 104 cm³/mol. The fourth-order valence-corrected chi connectivity index (χ4v) is 5.19. The molecule has 3 heterocycles. The average molecular weight is 439 g/mol. The minimum atomic E-state index is -4.53. The van der Waals surface area contributed by atoms with Crippen molar-refractivity contribution in [3.05, 3.63) is 60.6 Å². The van der Waals surface area contributed by atoms with Crippen molar-refractivity contribution in [3.8, 4) is 0 Å². The molecule has 6 nitrogen and oxygen atoms in total. The molecule has 1 aliphatic rings. The van der Waals surface area contributed by atoms with Gasteiger partial charge >= 0.3 is 6.18 Å². The van der Waals surface area contributed by atoms with Crippen LogP contribution in [0.25, 0.3) is 10.9 Å². The minimum absolute atomic E-state index is 0.0807. The summed E-state index contributed by atoms with van der Waals surface area (Å²) in [6.45, 7) is 0.463. The molecule has 0 aliphatic carbocycles. The number of rotatable bonds is 4. The monoisotopic (exact) mass is 439 g/mol. The highest BCUT2D eigenvalue weighted by molar-refractivity contribution is 7.89. The van der Waals surface area contributed by atoms with E-state index in [2.05, 4.69) is 4.98 Å². The number of hydrogen-bond acceptors (Lipinski definition) is 4. The second-order valence-corrected chi connectivity index (χ2v) is 9.47. The van der Waals surface area contributed by atoms with E-state index in [1.54, 1.807) is 12.4 Å². The van der Waals surface area contributed by atoms with Crippen molar-refractivity contribution in [2.75, 3.05) is 13.1 Å². The molecule has 4 rings (SSSR count). The molecule has 0 radical (unpaired) electrons. The second kappa shape index (κ2) is 7.36. The SMILES string of the molecule is O=S(=O)(c1ccc(C(F)(F)F)cc1)N1CCC(O)(Cn2ccc3ccncc32)CC1. The molecule has 10 heteroatoms. The Morgan fingerprint density at radius 2 is 1.73 bits per heavy atom. The first-order valence-corrected chi connectivity index (χ1v) is 10.8. The van der Waals surface area contributed by atoms with Crippen LogP contribution >= 0.6 is 0 Å². The summed E-state index contributed by atoms with van der Waals surface area (Å²) in [4.78, 5) is 3.91. The van der Waals surface area contributed by atoms with Crippen molar-refractivity contribution >= 4 is 20.9 Å². The zero-order valence-corrected chi connectivity index (χ0v) is 16.7. The fraction of sp³-hybridized carbons (Fsp3) is 0.350. The zero-order valence-electron chi connectivity index (χ0n) is 15.9. The van der Waals surface area contributed by atoms with Crippen molar-refractivity contribution in [3.63, 3.8) is 0 Å². The average Bonchev–Trinajstić information content (AvgIpc) is 3.10. The van der Waals surface area contributed by atoms with Crippen molar-refractivity contribution in [1.82, 2.24) is 13.9 Å². The third-order valence-corrected chi connectivity index (χ3v) is 7.43. The molecule has 1 saturated heterocycles. The molecule has 0 bridgehead atoms. The number of aromatic nitrogens is 2. The quantitative estimate of drug-likeness (QED) is 0.677. The Hall–Kier alpha value is -2.43. The lowest BCUT2D eigenvalue weighted by molar-refractivity contribution is -0.137. The van der Waals surface area contributed by atoms with Crippen LogP contribution in [0.4, 0.5) is 13.2 Å². The van der Waals surface area contributed by atoms with Crippen LogP contribution in [0.2, 0.25) is 0 Å². The van der Waals surface area contributed by atoms with Crippen molar-refractivity contribution in [2.24, 2.45) is 0 Å². The predicted octanol–water partition coefficient (Wildman–Crippen LogP) is 3.27. The second-order valence-electron chi connectivity index (χ2n) is 7.53. The topological polar surface area (TPSA) is 75.4 Å². The highest BCUT2D eigenvalue weighted by Crippen LogP contribution is 2.32. The van der Waals surface area contributed by atoms with Crippen LogP contribution in [0.15, 0.2) is 59.9 Å². The van der Waals surface area contributed by atoms with Gasteiger partial charge < -0.3 is 9.67 Å². The molecule has 0 amide bonds. The Bertz CT molecular complexity index is 1150. The Kier molecular flexibility index (Phi) is 5.11. The maximum Gasteiger partial charge on any atom is 0.416 e. The van der Waals surface area contributed by atoms with Crippen LogP contribution in [-0.2, 0) is 22.7 Å². The molecule has 160 valence electrons. The number of benzene rings is 1. The molecule has 1 aliphatic heterocycles. The molecular weight excluding hydrogens is 419 g/mol. The third kappa shape index (κ3) is 3.94. The first-order chi connectivity index (χ1) is 14.1. The Labute approximate surface area is 171 Å². The summed E-state index contributed by atoms with van der Waals surface area (Å²) < 4.78 is 66.8. The Morgan fingerprint density at radius 1 is 1.07 bits per heavy atom. The highest BCUT2D eigenvalue weighted by Gasteiger charge is 2.38. The van der Waals surface area contributed by atoms with E-state index in [9.17, 15) is 26.7 Å². The van der Waals surface area contributed by atoms with Gasteiger partial charge in [0.25, 0.3) is 0 Å². The molecule has 0 spiro atoms. The van der Waals surface area contributed by atoms with E-state index >= 15 is 0 Å². The van der Waals surface area contributed by atoms with Gasteiger partial charge in [-0.05, 0) is 49.2 Å². The van der Waals surface area contributed by atoms with Crippen molar-refractivity contribution in [1.29, 1.82) is 0 Å². The third-order valence-electron chi connectivity index (χ3n) is 5.51. The molecule has 1 N–H and O–H groups in total. The van der Waals surface area contributed by atoms with Gasteiger partial charge in [0.15, 0.2) is 0 Å². The van der Waals surface area contributed by atoms with Crippen LogP contribution in [0.1, 0.15) is 18.4 Å². The van der Waals surface area contributed by atoms with E-state index < -0.39 is 27.4 Å². The number of halogens is 3. The van der Waals surface area contributed by atoms with Crippen LogP contribution in [0.3, 0.4) is 0 Å². The van der Waals surface area contributed by atoms with Gasteiger partial charge in [0.1, 0.15) is 0 Å². The largest absolute Gasteiger partial charge is 0.416 e. The number of piperidine rings is 1. The van der Waals surface area contributed by atoms with E-state index in [1.807, 2.05) is 22.9 Å². The minimum Gasteiger partial charge on any atom is -0.388 e. The molecular formula is C20H20F3N3O3S. The number of pyridine rings is 1. The summed E-state index contributed by atoms with van der Waals surface area (Å²) in [6, 6.07) is 7.26. The number of sulfonamides is 1. The number of nitrogens with zero attached hydrogens (tertiary/aromatic N) is 3. The van der Waals surface area contributed by atoms with Gasteiger partial charge in [0, 0.05) is 30.9 Å². The van der Waals surface area contributed by atoms with Crippen LogP contribution in [-0.4, -0.2) is 46.1 Å². The summed E-state index contributed by atoms with van der Waals surface area (Å²) >= 11 is 0. The molecule has 0 saturated carbocycles. The molecule has 1 fully saturated rings. The summed E-state index contributed by atoms with van der Waals surface area (Å²) in [7, 11) is -3.93. The van der Waals surface area contributed by atoms with Gasteiger partial charge in [-0.1, -0.05) is 0 Å². The van der Waals surface area contributed by atoms with Crippen LogP contribution in [0, 0.1) is 0 Å². The molecule has 30 heavy (non-hydrogen) atoms. The molecule has 0 unspecified atom stereocenters. The number of hydrogen-bond donors (Lipinski definition) is 1. The first kappa shape index (κ1) is 20.8. The van der Waals surface area contributed by atoms with E-state index in [0.29, 0.717) is 6.54 Å². The molecule has 1 aromatic carbocycles. The lowest BCUT2D eigenvalue weighted by atomic mass is 9.92. The van der Waals surface area contributed by atoms with E-state index in [4.69, 9.17) is 0 Å². The summed E-state index contributed by atoms with van der Waals surface area (Å²) in [5.41, 5.74) is -1.11. The van der Waals surface area contributed by atoms with Gasteiger partial charge in [-0.25, -0.2) is 8.42 Å². The van der Waals surface area contributed by atoms with Crippen LogP contribution in [0.5, 0.6) is 0 Å². The van der Waals surface area contributed by atoms with E-state index in [-0.39, 0.29) is 30.8 Å². The van der Waals surface area contributed by atoms with Gasteiger partial charge in [-0.2, -0.15) is 17.5 Å². The first-order valence-electron chi connectivity index (χ1n) is 9.37. The van der Waals surface area contributed by atoms with E-state index in [1.165, 1.54) is 4.31 Å². The summed E-state index contributed by atoms with van der Waals surface area (Å²) in [5.74, 6) is 0. The lowest BCUT2D eigenvalue weighted by Crippen LogP contribution is -2.48. The Balaban J connectivity index is 1.46. The number of fused-ring (bicyclic) bond motifs is 1. The van der Waals surface area contributed by atoms with E-state index in [0.717, 1.165) is 35.2 Å². The van der Waals surface area contributed by atoms with Gasteiger partial charge in [-0.15, -0.1) is 0 Å². The number of aliphatic hydroxyl groups is 1. The Morgan fingerprint density at radius 3 is 2.37 bits per heavy atom. The normalized spacial score (nSPS) is 18.0. The lowest BCUT2D eigenvalue weighted by Gasteiger charge is -2.37. The fourth-order valence-electron chi connectivity index (χ4n) is 3.75.